The topological polar surface area (TPSA) is 110 Å². The third-order valence-electron chi connectivity index (χ3n) is 2.91. The Kier molecular flexibility index (Phi) is 3.18. The number of anilines is 1. The molecule has 8 nitrogen and oxygen atoms in total. The van der Waals surface area contributed by atoms with Crippen molar-refractivity contribution in [3.63, 3.8) is 0 Å². The molecule has 1 aliphatic carbocycles. The number of carboxylic acids is 1. The highest BCUT2D eigenvalue weighted by molar-refractivity contribution is 7.15. The summed E-state index contributed by atoms with van der Waals surface area (Å²) in [6.45, 7) is -0.0927. The van der Waals surface area contributed by atoms with Gasteiger partial charge in [0.2, 0.25) is 5.91 Å². The van der Waals surface area contributed by atoms with Crippen molar-refractivity contribution in [1.29, 1.82) is 0 Å². The lowest BCUT2D eigenvalue weighted by Gasteiger charge is -2.00. The third-order valence-corrected chi connectivity index (χ3v) is 3.98. The summed E-state index contributed by atoms with van der Waals surface area (Å²) in [5.74, 6) is -1.48. The number of aryl methyl sites for hydroxylation is 2. The van der Waals surface area contributed by atoms with Crippen LogP contribution in [0.1, 0.15) is 27.5 Å². The zero-order chi connectivity index (χ0) is 14.1. The molecule has 0 radical (unpaired) electrons. The molecule has 0 fully saturated rings. The fourth-order valence-corrected chi connectivity index (χ4v) is 3.09. The van der Waals surface area contributed by atoms with Gasteiger partial charge in [0.25, 0.3) is 0 Å². The van der Waals surface area contributed by atoms with E-state index in [9.17, 15) is 9.59 Å². The fourth-order valence-electron chi connectivity index (χ4n) is 2.02. The first-order valence-electron chi connectivity index (χ1n) is 6.03. The Balaban J connectivity index is 1.62. The van der Waals surface area contributed by atoms with E-state index in [1.807, 2.05) is 0 Å². The van der Waals surface area contributed by atoms with Crippen LogP contribution < -0.4 is 5.32 Å². The van der Waals surface area contributed by atoms with Gasteiger partial charge in [-0.15, -0.1) is 16.4 Å². The first-order valence-corrected chi connectivity index (χ1v) is 6.85. The molecule has 9 heteroatoms. The summed E-state index contributed by atoms with van der Waals surface area (Å²) in [6, 6.07) is 0. The van der Waals surface area contributed by atoms with Crippen LogP contribution >= 0.6 is 11.3 Å². The second-order valence-electron chi connectivity index (χ2n) is 4.40. The number of hydrogen-bond donors (Lipinski definition) is 2. The molecular weight excluding hydrogens is 282 g/mol. The number of aromatic nitrogens is 4. The summed E-state index contributed by atoms with van der Waals surface area (Å²) >= 11 is 1.49. The van der Waals surface area contributed by atoms with E-state index in [4.69, 9.17) is 5.11 Å². The molecule has 0 saturated heterocycles. The predicted molar refractivity (Wildman–Crippen MR) is 69.8 cm³/mol. The minimum absolute atomic E-state index is 0.0927. The van der Waals surface area contributed by atoms with E-state index in [1.165, 1.54) is 27.1 Å². The number of fused-ring (bicyclic) bond motifs is 1. The number of aromatic carboxylic acids is 1. The number of rotatable bonds is 4. The van der Waals surface area contributed by atoms with Crippen molar-refractivity contribution in [1.82, 2.24) is 20.0 Å². The van der Waals surface area contributed by atoms with Crippen molar-refractivity contribution in [2.24, 2.45) is 0 Å². The highest BCUT2D eigenvalue weighted by atomic mass is 32.1. The molecule has 20 heavy (non-hydrogen) atoms. The van der Waals surface area contributed by atoms with Gasteiger partial charge in [-0.3, -0.25) is 4.79 Å². The fraction of sp³-hybridized carbons (Fsp3) is 0.364. The van der Waals surface area contributed by atoms with Gasteiger partial charge in [0, 0.05) is 4.88 Å². The molecule has 3 rings (SSSR count). The van der Waals surface area contributed by atoms with Gasteiger partial charge < -0.3 is 10.4 Å². The largest absolute Gasteiger partial charge is 0.476 e. The smallest absolute Gasteiger partial charge is 0.358 e. The molecule has 0 saturated carbocycles. The molecule has 2 aromatic heterocycles. The molecule has 0 aliphatic heterocycles. The number of amides is 1. The van der Waals surface area contributed by atoms with Crippen molar-refractivity contribution in [3.8, 4) is 0 Å². The summed E-state index contributed by atoms with van der Waals surface area (Å²) in [5, 5.41) is 19.0. The van der Waals surface area contributed by atoms with Gasteiger partial charge in [-0.05, 0) is 19.3 Å². The van der Waals surface area contributed by atoms with Crippen LogP contribution in [0, 0.1) is 0 Å². The van der Waals surface area contributed by atoms with Crippen LogP contribution in [0.25, 0.3) is 0 Å². The van der Waals surface area contributed by atoms with Crippen molar-refractivity contribution in [3.05, 3.63) is 22.5 Å². The average molecular weight is 293 g/mol. The number of thiazole rings is 1. The lowest BCUT2D eigenvalue weighted by molar-refractivity contribution is -0.116. The summed E-state index contributed by atoms with van der Waals surface area (Å²) < 4.78 is 1.18. The molecule has 2 aromatic rings. The summed E-state index contributed by atoms with van der Waals surface area (Å²) in [6.07, 6.45) is 4.32. The third kappa shape index (κ3) is 2.52. The number of carbonyl (C=O) groups is 2. The van der Waals surface area contributed by atoms with Gasteiger partial charge in [-0.25, -0.2) is 14.5 Å². The summed E-state index contributed by atoms with van der Waals surface area (Å²) in [5.41, 5.74) is 0.880. The van der Waals surface area contributed by atoms with E-state index in [0.717, 1.165) is 25.0 Å². The van der Waals surface area contributed by atoms with Gasteiger partial charge in [0.1, 0.15) is 6.54 Å². The van der Waals surface area contributed by atoms with E-state index >= 15 is 0 Å². The maximum atomic E-state index is 11.8. The normalized spacial score (nSPS) is 13.2. The van der Waals surface area contributed by atoms with Gasteiger partial charge in [0.05, 0.1) is 11.9 Å². The lowest BCUT2D eigenvalue weighted by atomic mass is 10.4. The second kappa shape index (κ2) is 5.00. The number of carbonyl (C=O) groups excluding carboxylic acids is 1. The lowest BCUT2D eigenvalue weighted by Crippen LogP contribution is -2.19. The molecule has 0 spiro atoms. The van der Waals surface area contributed by atoms with Crippen LogP contribution in [0.3, 0.4) is 0 Å². The summed E-state index contributed by atoms with van der Waals surface area (Å²) in [4.78, 5) is 28.0. The maximum Gasteiger partial charge on any atom is 0.358 e. The molecule has 1 aliphatic rings. The first kappa shape index (κ1) is 12.7. The van der Waals surface area contributed by atoms with Crippen LogP contribution in [0.2, 0.25) is 0 Å². The van der Waals surface area contributed by atoms with E-state index in [2.05, 4.69) is 20.6 Å². The number of hydrogen-bond acceptors (Lipinski definition) is 6. The van der Waals surface area contributed by atoms with Crippen molar-refractivity contribution in [2.45, 2.75) is 25.8 Å². The van der Waals surface area contributed by atoms with E-state index in [1.54, 1.807) is 0 Å². The van der Waals surface area contributed by atoms with E-state index < -0.39 is 5.97 Å². The zero-order valence-electron chi connectivity index (χ0n) is 10.4. The molecule has 1 amide bonds. The second-order valence-corrected chi connectivity index (χ2v) is 5.48. The SMILES string of the molecule is O=C(Cn1cc(C(=O)O)nn1)Nc1nc2c(s1)CCC2. The van der Waals surface area contributed by atoms with Gasteiger partial charge >= 0.3 is 5.97 Å². The highest BCUT2D eigenvalue weighted by Crippen LogP contribution is 2.30. The zero-order valence-corrected chi connectivity index (χ0v) is 11.2. The first-order chi connectivity index (χ1) is 9.61. The Morgan fingerprint density at radius 2 is 2.30 bits per heavy atom. The van der Waals surface area contributed by atoms with E-state index in [0.29, 0.717) is 5.13 Å². The Bertz CT molecular complexity index is 656. The molecule has 104 valence electrons. The minimum atomic E-state index is -1.17. The van der Waals surface area contributed by atoms with Crippen LogP contribution in [-0.4, -0.2) is 37.0 Å². The highest BCUT2D eigenvalue weighted by Gasteiger charge is 2.18. The standard InChI is InChI=1S/C11H11N5O3S/c17-9(5-16-4-7(10(18)19)14-15-16)13-11-12-6-2-1-3-8(6)20-11/h4H,1-3,5H2,(H,18,19)(H,12,13,17). The van der Waals surface area contributed by atoms with Crippen LogP contribution in [0.4, 0.5) is 5.13 Å². The molecule has 0 bridgehead atoms. The Hall–Kier alpha value is -2.29. The van der Waals surface area contributed by atoms with Crippen molar-refractivity contribution in [2.75, 3.05) is 5.32 Å². The molecule has 0 aromatic carbocycles. The van der Waals surface area contributed by atoms with Gasteiger partial charge in [-0.1, -0.05) is 5.21 Å². The number of nitrogens with zero attached hydrogens (tertiary/aromatic N) is 4. The molecular formula is C11H11N5O3S. The van der Waals surface area contributed by atoms with E-state index in [-0.39, 0.29) is 18.1 Å². The van der Waals surface area contributed by atoms with Crippen molar-refractivity contribution >= 4 is 28.3 Å². The van der Waals surface area contributed by atoms with Crippen LogP contribution in [0.15, 0.2) is 6.20 Å². The van der Waals surface area contributed by atoms with Crippen LogP contribution in [-0.2, 0) is 24.2 Å². The molecule has 2 N–H and O–H groups in total. The molecule has 0 unspecified atom stereocenters. The van der Waals surface area contributed by atoms with Gasteiger partial charge in [0.15, 0.2) is 10.8 Å². The molecule has 2 heterocycles. The Morgan fingerprint density at radius 1 is 1.45 bits per heavy atom. The monoisotopic (exact) mass is 293 g/mol. The van der Waals surface area contributed by atoms with Crippen molar-refractivity contribution < 1.29 is 14.7 Å². The molecule has 0 atom stereocenters. The van der Waals surface area contributed by atoms with Crippen LogP contribution in [0.5, 0.6) is 0 Å². The summed E-state index contributed by atoms with van der Waals surface area (Å²) in [7, 11) is 0. The maximum absolute atomic E-state index is 11.8. The minimum Gasteiger partial charge on any atom is -0.476 e. The van der Waals surface area contributed by atoms with Gasteiger partial charge in [-0.2, -0.15) is 0 Å². The quantitative estimate of drug-likeness (QED) is 0.852. The predicted octanol–water partition coefficient (Wildman–Crippen LogP) is 0.560. The average Bonchev–Trinajstić information content (AvgIpc) is 3.03. The Labute approximate surface area is 117 Å². The number of nitrogens with one attached hydrogen (secondary N) is 1. The Morgan fingerprint density at radius 3 is 3.00 bits per heavy atom. The number of carboxylic acid groups (broad SMARTS) is 1.